The van der Waals surface area contributed by atoms with Crippen LogP contribution in [0.2, 0.25) is 0 Å². The minimum Gasteiger partial charge on any atom is -0.358 e. The van der Waals surface area contributed by atoms with E-state index in [1.165, 1.54) is 41.2 Å². The van der Waals surface area contributed by atoms with Gasteiger partial charge in [-0.15, -0.1) is 11.3 Å². The van der Waals surface area contributed by atoms with Crippen molar-refractivity contribution in [2.24, 2.45) is 4.99 Å². The highest BCUT2D eigenvalue weighted by molar-refractivity contribution is 7.12. The molecule has 0 saturated carbocycles. The number of aliphatic imine (C=N–C) groups is 1. The van der Waals surface area contributed by atoms with Crippen LogP contribution in [-0.4, -0.2) is 59.4 Å². The summed E-state index contributed by atoms with van der Waals surface area (Å²) in [5.41, 5.74) is 7.71. The Kier molecular flexibility index (Phi) is 7.29. The van der Waals surface area contributed by atoms with Crippen LogP contribution in [0, 0.1) is 13.8 Å². The molecule has 3 aliphatic heterocycles. The van der Waals surface area contributed by atoms with Gasteiger partial charge in [-0.05, 0) is 101 Å². The first-order valence-electron chi connectivity index (χ1n) is 14.4. The van der Waals surface area contributed by atoms with Crippen molar-refractivity contribution >= 4 is 34.4 Å². The lowest BCUT2D eigenvalue weighted by molar-refractivity contribution is -0.114. The Bertz CT molecular complexity index is 1390. The number of ketones is 1. The van der Waals surface area contributed by atoms with Gasteiger partial charge in [-0.3, -0.25) is 14.6 Å². The zero-order valence-corrected chi connectivity index (χ0v) is 24.1. The van der Waals surface area contributed by atoms with Crippen molar-refractivity contribution in [2.45, 2.75) is 71.9 Å². The summed E-state index contributed by atoms with van der Waals surface area (Å²) in [4.78, 5) is 38.5. The number of benzene rings is 1. The van der Waals surface area contributed by atoms with Crippen molar-refractivity contribution in [2.75, 3.05) is 31.5 Å². The highest BCUT2D eigenvalue weighted by Crippen LogP contribution is 2.37. The van der Waals surface area contributed by atoms with E-state index in [4.69, 9.17) is 4.99 Å². The summed E-state index contributed by atoms with van der Waals surface area (Å²) in [6.45, 7) is 11.4. The summed E-state index contributed by atoms with van der Waals surface area (Å²) in [6, 6.07) is 6.51. The van der Waals surface area contributed by atoms with Crippen molar-refractivity contribution in [3.05, 3.63) is 73.6 Å². The first-order valence-corrected chi connectivity index (χ1v) is 15.2. The summed E-state index contributed by atoms with van der Waals surface area (Å²) >= 11 is 1.83. The number of amides is 1. The molecule has 1 aromatic heterocycles. The van der Waals surface area contributed by atoms with Gasteiger partial charge in [0.25, 0.3) is 5.91 Å². The van der Waals surface area contributed by atoms with Gasteiger partial charge in [-0.25, -0.2) is 0 Å². The number of anilines is 1. The van der Waals surface area contributed by atoms with Gasteiger partial charge in [-0.1, -0.05) is 6.08 Å². The number of nitrogens with one attached hydrogen (secondary N) is 1. The van der Waals surface area contributed by atoms with Crippen LogP contribution in [0.15, 0.2) is 46.6 Å². The van der Waals surface area contributed by atoms with Crippen molar-refractivity contribution in [3.8, 4) is 0 Å². The lowest BCUT2D eigenvalue weighted by Crippen LogP contribution is -2.29. The van der Waals surface area contributed by atoms with Crippen LogP contribution in [0.4, 0.5) is 5.69 Å². The van der Waals surface area contributed by atoms with Gasteiger partial charge >= 0.3 is 0 Å². The number of thiophene rings is 1. The molecule has 0 bridgehead atoms. The fourth-order valence-corrected chi connectivity index (χ4v) is 7.48. The quantitative estimate of drug-likeness (QED) is 0.461. The molecule has 1 amide bonds. The molecule has 1 N–H and O–H groups in total. The molecule has 1 fully saturated rings. The van der Waals surface area contributed by atoms with Gasteiger partial charge in [0.15, 0.2) is 5.78 Å². The van der Waals surface area contributed by atoms with Gasteiger partial charge in [-0.2, -0.15) is 0 Å². The maximum atomic E-state index is 13.2. The minimum absolute atomic E-state index is 0.0743. The summed E-state index contributed by atoms with van der Waals surface area (Å²) in [5.74, 6) is 0.247. The van der Waals surface area contributed by atoms with Crippen LogP contribution < -0.4 is 5.32 Å². The molecular weight excluding hydrogens is 504 g/mol. The van der Waals surface area contributed by atoms with E-state index in [1.54, 1.807) is 0 Å². The third-order valence-corrected chi connectivity index (χ3v) is 9.63. The smallest absolute Gasteiger partial charge is 0.254 e. The molecular formula is C32H38N4O2S. The van der Waals surface area contributed by atoms with Crippen LogP contribution in [-0.2, 0) is 24.2 Å². The number of hydrogen-bond donors (Lipinski definition) is 1. The molecule has 204 valence electrons. The number of Topliss-reactive ketones (excluding diaryl/α,β-unsaturated/α-hetero) is 1. The van der Waals surface area contributed by atoms with Crippen LogP contribution in [0.5, 0.6) is 0 Å². The van der Waals surface area contributed by atoms with Crippen LogP contribution >= 0.6 is 11.3 Å². The number of nitrogens with zero attached hydrogens (tertiary/aromatic N) is 3. The molecule has 1 saturated heterocycles. The van der Waals surface area contributed by atoms with E-state index < -0.39 is 0 Å². The molecule has 39 heavy (non-hydrogen) atoms. The van der Waals surface area contributed by atoms with Gasteiger partial charge in [0.1, 0.15) is 0 Å². The number of rotatable bonds is 7. The van der Waals surface area contributed by atoms with E-state index in [1.807, 2.05) is 28.4 Å². The number of likely N-dealkylation sites (tertiary alicyclic amines) is 1. The Morgan fingerprint density at radius 3 is 2.67 bits per heavy atom. The van der Waals surface area contributed by atoms with E-state index in [0.717, 1.165) is 59.7 Å². The summed E-state index contributed by atoms with van der Waals surface area (Å²) in [5, 5.41) is 3.55. The molecule has 0 spiro atoms. The van der Waals surface area contributed by atoms with Crippen molar-refractivity contribution in [1.82, 2.24) is 9.80 Å². The molecule has 4 heterocycles. The Morgan fingerprint density at radius 1 is 1.08 bits per heavy atom. The topological polar surface area (TPSA) is 65.0 Å². The number of aryl methyl sites for hydroxylation is 2. The predicted octanol–water partition coefficient (Wildman–Crippen LogP) is 5.63. The molecule has 1 aliphatic carbocycles. The van der Waals surface area contributed by atoms with Crippen molar-refractivity contribution < 1.29 is 9.59 Å². The molecule has 1 unspecified atom stereocenters. The highest BCUT2D eigenvalue weighted by Gasteiger charge is 2.32. The second-order valence-electron chi connectivity index (χ2n) is 11.5. The number of carbonyl (C=O) groups is 2. The summed E-state index contributed by atoms with van der Waals surface area (Å²) in [7, 11) is 0. The molecule has 2 aromatic rings. The SMILES string of the molecule is Cc1cc(CC(C)N=C2C=CCC(=O)C2=C2Cc3cc4c(cc3N2)CN(CCCN2CCCC2)C4=O)sc1C. The fraction of sp³-hybridized carbons (Fsp3) is 0.469. The zero-order valence-electron chi connectivity index (χ0n) is 23.3. The molecule has 6 nitrogen and oxygen atoms in total. The molecule has 0 radical (unpaired) electrons. The average Bonchev–Trinajstić information content (AvgIpc) is 3.67. The molecule has 6 rings (SSSR count). The Balaban J connectivity index is 1.17. The van der Waals surface area contributed by atoms with Crippen LogP contribution in [0.1, 0.15) is 69.4 Å². The van der Waals surface area contributed by atoms with E-state index >= 15 is 0 Å². The minimum atomic E-state index is 0.0743. The van der Waals surface area contributed by atoms with Crippen molar-refractivity contribution in [1.29, 1.82) is 0 Å². The zero-order chi connectivity index (χ0) is 27.1. The number of allylic oxidation sites excluding steroid dienone is 4. The Labute approximate surface area is 235 Å². The summed E-state index contributed by atoms with van der Waals surface area (Å²) < 4.78 is 0. The van der Waals surface area contributed by atoms with Gasteiger partial charge < -0.3 is 15.1 Å². The van der Waals surface area contributed by atoms with E-state index in [2.05, 4.69) is 49.2 Å². The standard InChI is InChI=1S/C32H38N4O2S/c1-20-14-25(39-22(20)3)15-21(2)33-27-8-6-9-30(37)31(27)29-17-23-16-26-24(18-28(23)34-29)19-36(32(26)38)13-7-12-35-10-4-5-11-35/h6,8,14,16,18,21,34H,4-5,7,9-13,15,17,19H2,1-3H3. The Hall–Kier alpha value is -3.03. The lowest BCUT2D eigenvalue weighted by atomic mass is 9.93. The van der Waals surface area contributed by atoms with Gasteiger partial charge in [0.2, 0.25) is 0 Å². The summed E-state index contributed by atoms with van der Waals surface area (Å²) in [6.07, 6.45) is 9.43. The molecule has 7 heteroatoms. The maximum Gasteiger partial charge on any atom is 0.254 e. The second-order valence-corrected chi connectivity index (χ2v) is 12.8. The van der Waals surface area contributed by atoms with Crippen LogP contribution in [0.25, 0.3) is 0 Å². The maximum absolute atomic E-state index is 13.2. The molecule has 1 atom stereocenters. The number of fused-ring (bicyclic) bond motifs is 2. The predicted molar refractivity (Wildman–Crippen MR) is 159 cm³/mol. The largest absolute Gasteiger partial charge is 0.358 e. The molecule has 1 aromatic carbocycles. The van der Waals surface area contributed by atoms with E-state index in [9.17, 15) is 9.59 Å². The first kappa shape index (κ1) is 26.2. The fourth-order valence-electron chi connectivity index (χ4n) is 6.31. The van der Waals surface area contributed by atoms with E-state index in [0.29, 0.717) is 25.0 Å². The van der Waals surface area contributed by atoms with Crippen molar-refractivity contribution in [3.63, 3.8) is 0 Å². The third kappa shape index (κ3) is 5.39. The monoisotopic (exact) mass is 542 g/mol. The second kappa shape index (κ2) is 10.9. The normalized spacial score (nSPS) is 22.6. The highest BCUT2D eigenvalue weighted by atomic mass is 32.1. The lowest BCUT2D eigenvalue weighted by Gasteiger charge is -2.19. The van der Waals surface area contributed by atoms with Gasteiger partial charge in [0, 0.05) is 59.1 Å². The van der Waals surface area contributed by atoms with Crippen LogP contribution in [0.3, 0.4) is 0 Å². The average molecular weight is 543 g/mol. The molecule has 4 aliphatic rings. The third-order valence-electron chi connectivity index (χ3n) is 8.45. The number of hydrogen-bond acceptors (Lipinski definition) is 6. The first-order chi connectivity index (χ1) is 18.9. The van der Waals surface area contributed by atoms with E-state index in [-0.39, 0.29) is 17.7 Å². The Morgan fingerprint density at radius 2 is 1.90 bits per heavy atom. The van der Waals surface area contributed by atoms with Gasteiger partial charge in [0.05, 0.1) is 17.3 Å². The number of carbonyl (C=O) groups excluding carboxylic acids is 2.